The Kier molecular flexibility index (Phi) is 17.4. The van der Waals surface area contributed by atoms with E-state index < -0.39 is 14.4 Å². The van der Waals surface area contributed by atoms with Gasteiger partial charge in [-0.1, -0.05) is 66.2 Å². The van der Waals surface area contributed by atoms with Crippen LogP contribution < -0.4 is 0 Å². The molecule has 28 heavy (non-hydrogen) atoms. The highest BCUT2D eigenvalue weighted by Gasteiger charge is 2.30. The van der Waals surface area contributed by atoms with Gasteiger partial charge in [0.05, 0.1) is 19.8 Å². The average molecular weight is 425 g/mol. The molecule has 0 heterocycles. The molecule has 7 nitrogen and oxygen atoms in total. The van der Waals surface area contributed by atoms with Crippen molar-refractivity contribution in [3.63, 3.8) is 0 Å². The Labute approximate surface area is 171 Å². The molecule has 0 bridgehead atoms. The maximum absolute atomic E-state index is 13.1. The van der Waals surface area contributed by atoms with E-state index in [4.69, 9.17) is 18.8 Å². The molecule has 1 N–H and O–H groups in total. The van der Waals surface area contributed by atoms with Gasteiger partial charge in [-0.25, -0.2) is 9.45 Å². The Morgan fingerprint density at radius 3 is 1.79 bits per heavy atom. The number of rotatable bonds is 20. The molecule has 0 aromatic rings. The monoisotopic (exact) mass is 424 g/mol. The van der Waals surface area contributed by atoms with Crippen LogP contribution in [0.2, 0.25) is 0 Å². The molecule has 0 rings (SSSR count). The summed E-state index contributed by atoms with van der Waals surface area (Å²) >= 11 is 0. The summed E-state index contributed by atoms with van der Waals surface area (Å²) in [5.41, 5.74) is 0. The predicted molar refractivity (Wildman–Crippen MR) is 110 cm³/mol. The van der Waals surface area contributed by atoms with Gasteiger partial charge in [-0.3, -0.25) is 23.6 Å². The molecular weight excluding hydrogens is 383 g/mol. The fourth-order valence-corrected chi connectivity index (χ4v) is 4.00. The third-order valence-corrected chi connectivity index (χ3v) is 6.26. The van der Waals surface area contributed by atoms with Gasteiger partial charge in [-0.2, -0.15) is 0 Å². The first-order chi connectivity index (χ1) is 13.4. The largest absolute Gasteiger partial charge is 0.475 e. The second kappa shape index (κ2) is 17.5. The number of phosphoric ester groups is 1. The smallest absolute Gasteiger partial charge is 0.297 e. The van der Waals surface area contributed by atoms with Crippen LogP contribution >= 0.6 is 7.82 Å². The first-order valence-corrected chi connectivity index (χ1v) is 12.2. The molecule has 0 saturated heterocycles. The quantitative estimate of drug-likeness (QED) is 0.145. The molecule has 0 aliphatic rings. The molecule has 0 fully saturated rings. The molecule has 0 aromatic heterocycles. The van der Waals surface area contributed by atoms with E-state index in [1.165, 1.54) is 0 Å². The van der Waals surface area contributed by atoms with Crippen LogP contribution in [-0.2, 0) is 27.8 Å². The molecule has 0 amide bonds. The minimum absolute atomic E-state index is 0.0291. The highest BCUT2D eigenvalue weighted by Crippen LogP contribution is 2.50. The lowest BCUT2D eigenvalue weighted by Gasteiger charge is -2.23. The van der Waals surface area contributed by atoms with Crippen molar-refractivity contribution in [2.75, 3.05) is 26.4 Å². The van der Waals surface area contributed by atoms with Gasteiger partial charge in [0.2, 0.25) is 0 Å². The molecule has 2 unspecified atom stereocenters. The number of hydrogen-bond acceptors (Lipinski definition) is 7. The van der Waals surface area contributed by atoms with Crippen molar-refractivity contribution in [2.45, 2.75) is 85.5 Å². The topological polar surface area (TPSA) is 91.3 Å². The number of carbonyl (C=O) groups excluding carboxylic acids is 1. The van der Waals surface area contributed by atoms with Crippen molar-refractivity contribution < 1.29 is 33.1 Å². The van der Waals surface area contributed by atoms with Crippen molar-refractivity contribution in [1.29, 1.82) is 0 Å². The Morgan fingerprint density at radius 1 is 0.893 bits per heavy atom. The van der Waals surface area contributed by atoms with Crippen LogP contribution in [0, 0.1) is 11.8 Å². The molecule has 8 heteroatoms. The SMILES string of the molecule is CCCCC(CC)COP(=O)(OCC(=O)CCOO)OCC(CC)CCCC. The van der Waals surface area contributed by atoms with E-state index in [0.717, 1.165) is 51.4 Å². The van der Waals surface area contributed by atoms with Gasteiger partial charge in [0.25, 0.3) is 0 Å². The van der Waals surface area contributed by atoms with Crippen LogP contribution in [0.25, 0.3) is 0 Å². The fourth-order valence-electron chi connectivity index (χ4n) is 2.68. The zero-order valence-corrected chi connectivity index (χ0v) is 19.1. The van der Waals surface area contributed by atoms with Crippen LogP contribution in [0.3, 0.4) is 0 Å². The van der Waals surface area contributed by atoms with E-state index in [-0.39, 0.29) is 43.9 Å². The minimum Gasteiger partial charge on any atom is -0.297 e. The number of unbranched alkanes of at least 4 members (excludes halogenated alkanes) is 2. The Morgan fingerprint density at radius 2 is 1.39 bits per heavy atom. The number of phosphoric acid groups is 1. The summed E-state index contributed by atoms with van der Waals surface area (Å²) in [6.07, 6.45) is 8.16. The molecule has 0 radical (unpaired) electrons. The van der Waals surface area contributed by atoms with Gasteiger partial charge in [0, 0.05) is 6.42 Å². The highest BCUT2D eigenvalue weighted by atomic mass is 31.2. The molecular formula is C20H41O7P. The lowest BCUT2D eigenvalue weighted by molar-refractivity contribution is -0.242. The summed E-state index contributed by atoms with van der Waals surface area (Å²) in [7, 11) is -3.83. The summed E-state index contributed by atoms with van der Waals surface area (Å²) in [5.74, 6) is 0.222. The Balaban J connectivity index is 4.82. The van der Waals surface area contributed by atoms with E-state index in [2.05, 4.69) is 32.6 Å². The highest BCUT2D eigenvalue weighted by molar-refractivity contribution is 7.48. The average Bonchev–Trinajstić information content (AvgIpc) is 2.71. The molecule has 168 valence electrons. The first kappa shape index (κ1) is 27.7. The standard InChI is InChI=1S/C20H41O7P/c1-5-9-11-18(7-3)15-25-28(23,27-17-20(21)13-14-24-22)26-16-19(8-4)12-10-6-2/h18-19,22H,5-17H2,1-4H3. The molecule has 0 aromatic carbocycles. The van der Waals surface area contributed by atoms with Crippen LogP contribution in [0.4, 0.5) is 0 Å². The molecule has 0 saturated carbocycles. The van der Waals surface area contributed by atoms with E-state index >= 15 is 0 Å². The van der Waals surface area contributed by atoms with E-state index in [9.17, 15) is 9.36 Å². The summed E-state index contributed by atoms with van der Waals surface area (Å²) in [4.78, 5) is 15.7. The molecule has 0 spiro atoms. The first-order valence-electron chi connectivity index (χ1n) is 10.8. The van der Waals surface area contributed by atoms with Gasteiger partial charge in [-0.05, 0) is 24.7 Å². The Bertz CT molecular complexity index is 407. The van der Waals surface area contributed by atoms with Crippen molar-refractivity contribution >= 4 is 13.6 Å². The summed E-state index contributed by atoms with van der Waals surface area (Å²) in [6.45, 7) is 8.47. The van der Waals surface area contributed by atoms with Gasteiger partial charge < -0.3 is 0 Å². The summed E-state index contributed by atoms with van der Waals surface area (Å²) in [5, 5.41) is 8.33. The zero-order valence-electron chi connectivity index (χ0n) is 18.2. The maximum atomic E-state index is 13.1. The minimum atomic E-state index is -3.83. The summed E-state index contributed by atoms with van der Waals surface area (Å²) < 4.78 is 29.6. The van der Waals surface area contributed by atoms with Gasteiger partial charge >= 0.3 is 7.82 Å². The zero-order chi connectivity index (χ0) is 21.3. The van der Waals surface area contributed by atoms with Crippen LogP contribution in [-0.4, -0.2) is 37.5 Å². The maximum Gasteiger partial charge on any atom is 0.475 e. The second-order valence-corrected chi connectivity index (χ2v) is 8.94. The fraction of sp³-hybridized carbons (Fsp3) is 0.950. The molecule has 2 atom stereocenters. The lowest BCUT2D eigenvalue weighted by Crippen LogP contribution is -2.16. The van der Waals surface area contributed by atoms with Crippen molar-refractivity contribution in [3.8, 4) is 0 Å². The van der Waals surface area contributed by atoms with E-state index in [0.29, 0.717) is 0 Å². The predicted octanol–water partition coefficient (Wildman–Crippen LogP) is 6.03. The number of Topliss-reactive ketones (excluding diaryl/α,β-unsaturated/α-hetero) is 1. The lowest BCUT2D eigenvalue weighted by atomic mass is 10.0. The second-order valence-electron chi connectivity index (χ2n) is 7.27. The van der Waals surface area contributed by atoms with Gasteiger partial charge in [0.15, 0.2) is 5.78 Å². The van der Waals surface area contributed by atoms with Crippen LogP contribution in [0.1, 0.15) is 85.5 Å². The van der Waals surface area contributed by atoms with Gasteiger partial charge in [-0.15, -0.1) is 0 Å². The summed E-state index contributed by atoms with van der Waals surface area (Å²) in [6, 6.07) is 0. The van der Waals surface area contributed by atoms with Crippen molar-refractivity contribution in [3.05, 3.63) is 0 Å². The Hall–Kier alpha value is -0.300. The third kappa shape index (κ3) is 13.8. The normalized spacial score (nSPS) is 15.9. The van der Waals surface area contributed by atoms with Gasteiger partial charge in [0.1, 0.15) is 6.61 Å². The molecule has 0 aliphatic heterocycles. The third-order valence-electron chi connectivity index (χ3n) is 4.88. The number of hydrogen-bond donors (Lipinski definition) is 1. The van der Waals surface area contributed by atoms with Crippen molar-refractivity contribution in [2.24, 2.45) is 11.8 Å². The van der Waals surface area contributed by atoms with Crippen LogP contribution in [0.15, 0.2) is 0 Å². The van der Waals surface area contributed by atoms with Crippen molar-refractivity contribution in [1.82, 2.24) is 0 Å². The van der Waals surface area contributed by atoms with E-state index in [1.807, 2.05) is 0 Å². The number of carbonyl (C=O) groups is 1. The van der Waals surface area contributed by atoms with E-state index in [1.54, 1.807) is 0 Å². The number of ketones is 1. The van der Waals surface area contributed by atoms with Crippen LogP contribution in [0.5, 0.6) is 0 Å². The molecule has 0 aliphatic carbocycles.